The quantitative estimate of drug-likeness (QED) is 0.792. The van der Waals surface area contributed by atoms with Crippen LogP contribution in [0.3, 0.4) is 0 Å². The topological polar surface area (TPSA) is 59.4 Å². The summed E-state index contributed by atoms with van der Waals surface area (Å²) in [5, 5.41) is 10.8. The van der Waals surface area contributed by atoms with E-state index in [2.05, 4.69) is 4.98 Å². The molecule has 1 aromatic heterocycles. The Hall–Kier alpha value is -2.95. The van der Waals surface area contributed by atoms with Crippen LogP contribution in [0, 0.1) is 5.82 Å². The largest absolute Gasteiger partial charge is 0.478 e. The van der Waals surface area contributed by atoms with Gasteiger partial charge in [0.1, 0.15) is 11.3 Å². The normalized spacial score (nSPS) is 10.5. The number of halogens is 1. The van der Waals surface area contributed by atoms with Gasteiger partial charge in [-0.25, -0.2) is 14.2 Å². The van der Waals surface area contributed by atoms with E-state index in [1.54, 1.807) is 12.1 Å². The molecule has 3 aromatic rings. The molecule has 0 fully saturated rings. The van der Waals surface area contributed by atoms with E-state index in [1.165, 1.54) is 6.20 Å². The Bertz CT molecular complexity index is 833. The molecule has 0 radical (unpaired) electrons. The Morgan fingerprint density at radius 3 is 2.62 bits per heavy atom. The van der Waals surface area contributed by atoms with Crippen molar-refractivity contribution in [3.05, 3.63) is 66.1 Å². The first kappa shape index (κ1) is 13.1. The van der Waals surface area contributed by atoms with Gasteiger partial charge in [-0.2, -0.15) is 0 Å². The molecular weight excluding hydrogens is 273 g/mol. The van der Waals surface area contributed by atoms with E-state index in [0.29, 0.717) is 5.75 Å². The summed E-state index contributed by atoms with van der Waals surface area (Å²) >= 11 is 0. The number of rotatable bonds is 3. The van der Waals surface area contributed by atoms with Gasteiger partial charge in [0.15, 0.2) is 5.82 Å². The first-order valence-electron chi connectivity index (χ1n) is 6.19. The summed E-state index contributed by atoms with van der Waals surface area (Å²) < 4.78 is 19.3. The van der Waals surface area contributed by atoms with Gasteiger partial charge in [0.2, 0.25) is 0 Å². The zero-order chi connectivity index (χ0) is 14.8. The SMILES string of the molecule is O=C(O)c1ccnc(Oc2ccc3ccccc3c2)c1F. The lowest BCUT2D eigenvalue weighted by atomic mass is 10.1. The molecule has 0 aliphatic rings. The summed E-state index contributed by atoms with van der Waals surface area (Å²) in [6, 6.07) is 14.0. The van der Waals surface area contributed by atoms with E-state index in [9.17, 15) is 9.18 Å². The van der Waals surface area contributed by atoms with E-state index in [4.69, 9.17) is 9.84 Å². The predicted molar refractivity (Wildman–Crippen MR) is 75.2 cm³/mol. The van der Waals surface area contributed by atoms with Crippen molar-refractivity contribution < 1.29 is 19.0 Å². The van der Waals surface area contributed by atoms with E-state index in [-0.39, 0.29) is 5.88 Å². The van der Waals surface area contributed by atoms with Crippen LogP contribution in [-0.2, 0) is 0 Å². The minimum Gasteiger partial charge on any atom is -0.478 e. The molecule has 0 unspecified atom stereocenters. The number of carboxylic acid groups (broad SMARTS) is 1. The fourth-order valence-electron chi connectivity index (χ4n) is 2.00. The molecule has 0 bridgehead atoms. The summed E-state index contributed by atoms with van der Waals surface area (Å²) in [6.45, 7) is 0. The summed E-state index contributed by atoms with van der Waals surface area (Å²) in [5.74, 6) is -2.32. The molecule has 104 valence electrons. The van der Waals surface area contributed by atoms with Crippen LogP contribution in [-0.4, -0.2) is 16.1 Å². The molecule has 0 aliphatic heterocycles. The Kier molecular flexibility index (Phi) is 3.23. The molecule has 4 nitrogen and oxygen atoms in total. The lowest BCUT2D eigenvalue weighted by Gasteiger charge is -2.08. The van der Waals surface area contributed by atoms with Crippen LogP contribution in [0.25, 0.3) is 10.8 Å². The maximum Gasteiger partial charge on any atom is 0.338 e. The molecule has 2 aromatic carbocycles. The number of pyridine rings is 1. The van der Waals surface area contributed by atoms with Gasteiger partial charge < -0.3 is 9.84 Å². The van der Waals surface area contributed by atoms with Crippen LogP contribution in [0.15, 0.2) is 54.7 Å². The fraction of sp³-hybridized carbons (Fsp3) is 0. The summed E-state index contributed by atoms with van der Waals surface area (Å²) in [5.41, 5.74) is -0.471. The Labute approximate surface area is 119 Å². The minimum absolute atomic E-state index is 0.356. The monoisotopic (exact) mass is 283 g/mol. The molecule has 3 rings (SSSR count). The third kappa shape index (κ3) is 2.53. The van der Waals surface area contributed by atoms with Gasteiger partial charge in [-0.15, -0.1) is 0 Å². The second kappa shape index (κ2) is 5.20. The number of hydrogen-bond donors (Lipinski definition) is 1. The van der Waals surface area contributed by atoms with Gasteiger partial charge in [0, 0.05) is 6.20 Å². The fourth-order valence-corrected chi connectivity index (χ4v) is 2.00. The van der Waals surface area contributed by atoms with E-state index in [0.717, 1.165) is 16.8 Å². The van der Waals surface area contributed by atoms with Gasteiger partial charge >= 0.3 is 5.97 Å². The Balaban J connectivity index is 1.98. The molecule has 0 spiro atoms. The van der Waals surface area contributed by atoms with E-state index in [1.807, 2.05) is 30.3 Å². The highest BCUT2D eigenvalue weighted by molar-refractivity contribution is 5.88. The number of aromatic nitrogens is 1. The van der Waals surface area contributed by atoms with Crippen molar-refractivity contribution in [2.75, 3.05) is 0 Å². The van der Waals surface area contributed by atoms with Crippen LogP contribution in [0.1, 0.15) is 10.4 Å². The maximum absolute atomic E-state index is 14.0. The number of hydrogen-bond acceptors (Lipinski definition) is 3. The number of benzene rings is 2. The van der Waals surface area contributed by atoms with Crippen molar-refractivity contribution in [1.82, 2.24) is 4.98 Å². The number of carbonyl (C=O) groups is 1. The van der Waals surface area contributed by atoms with Crippen molar-refractivity contribution in [2.45, 2.75) is 0 Å². The van der Waals surface area contributed by atoms with Crippen molar-refractivity contribution in [1.29, 1.82) is 0 Å². The molecule has 21 heavy (non-hydrogen) atoms. The number of ether oxygens (including phenoxy) is 1. The van der Waals surface area contributed by atoms with Gasteiger partial charge in [-0.1, -0.05) is 30.3 Å². The number of fused-ring (bicyclic) bond motifs is 1. The molecule has 0 amide bonds. The molecule has 0 saturated heterocycles. The molecule has 5 heteroatoms. The summed E-state index contributed by atoms with van der Waals surface area (Å²) in [4.78, 5) is 14.6. The highest BCUT2D eigenvalue weighted by Crippen LogP contribution is 2.27. The van der Waals surface area contributed by atoms with Crippen molar-refractivity contribution in [3.63, 3.8) is 0 Å². The lowest BCUT2D eigenvalue weighted by molar-refractivity contribution is 0.0690. The molecule has 0 aliphatic carbocycles. The van der Waals surface area contributed by atoms with Crippen LogP contribution in [0.4, 0.5) is 4.39 Å². The minimum atomic E-state index is -1.36. The van der Waals surface area contributed by atoms with Gasteiger partial charge in [-0.3, -0.25) is 0 Å². The van der Waals surface area contributed by atoms with Gasteiger partial charge in [0.25, 0.3) is 5.88 Å². The van der Waals surface area contributed by atoms with Crippen molar-refractivity contribution >= 4 is 16.7 Å². The first-order chi connectivity index (χ1) is 10.1. The third-order valence-electron chi connectivity index (χ3n) is 3.02. The average molecular weight is 283 g/mol. The number of nitrogens with zero attached hydrogens (tertiary/aromatic N) is 1. The van der Waals surface area contributed by atoms with Crippen molar-refractivity contribution in [2.24, 2.45) is 0 Å². The van der Waals surface area contributed by atoms with E-state index >= 15 is 0 Å². The van der Waals surface area contributed by atoms with Crippen LogP contribution in [0.5, 0.6) is 11.6 Å². The lowest BCUT2D eigenvalue weighted by Crippen LogP contribution is -2.03. The number of aromatic carboxylic acids is 1. The summed E-state index contributed by atoms with van der Waals surface area (Å²) in [7, 11) is 0. The predicted octanol–water partition coefficient (Wildman–Crippen LogP) is 3.86. The highest BCUT2D eigenvalue weighted by Gasteiger charge is 2.16. The van der Waals surface area contributed by atoms with Gasteiger partial charge in [0.05, 0.1) is 0 Å². The van der Waals surface area contributed by atoms with Crippen molar-refractivity contribution in [3.8, 4) is 11.6 Å². The third-order valence-corrected chi connectivity index (χ3v) is 3.02. The Morgan fingerprint density at radius 2 is 1.86 bits per heavy atom. The van der Waals surface area contributed by atoms with Gasteiger partial charge in [-0.05, 0) is 29.0 Å². The zero-order valence-corrected chi connectivity index (χ0v) is 10.8. The molecular formula is C16H10FNO3. The summed E-state index contributed by atoms with van der Waals surface area (Å²) in [6.07, 6.45) is 1.20. The highest BCUT2D eigenvalue weighted by atomic mass is 19.1. The maximum atomic E-state index is 14.0. The first-order valence-corrected chi connectivity index (χ1v) is 6.19. The zero-order valence-electron chi connectivity index (χ0n) is 10.8. The molecule has 0 saturated carbocycles. The van der Waals surface area contributed by atoms with Crippen LogP contribution < -0.4 is 4.74 Å². The second-order valence-electron chi connectivity index (χ2n) is 4.39. The molecule has 1 N–H and O–H groups in total. The average Bonchev–Trinajstić information content (AvgIpc) is 2.49. The Morgan fingerprint density at radius 1 is 1.10 bits per heavy atom. The molecule has 1 heterocycles. The number of carboxylic acids is 1. The van der Waals surface area contributed by atoms with E-state index < -0.39 is 17.3 Å². The molecule has 0 atom stereocenters. The second-order valence-corrected chi connectivity index (χ2v) is 4.39. The smallest absolute Gasteiger partial charge is 0.338 e. The van der Waals surface area contributed by atoms with Crippen LogP contribution >= 0.6 is 0 Å². The van der Waals surface area contributed by atoms with Crippen LogP contribution in [0.2, 0.25) is 0 Å². The standard InChI is InChI=1S/C16H10FNO3/c17-14-13(16(19)20)7-8-18-15(14)21-12-6-5-10-3-1-2-4-11(10)9-12/h1-9H,(H,19,20).